The smallest absolute Gasteiger partial charge is 0.325 e. The van der Waals surface area contributed by atoms with Crippen LogP contribution in [-0.4, -0.2) is 53.6 Å². The number of halogens is 1. The van der Waals surface area contributed by atoms with E-state index in [2.05, 4.69) is 18.9 Å². The van der Waals surface area contributed by atoms with Crippen LogP contribution in [-0.2, 0) is 4.79 Å². The number of hydrogen-bond donors (Lipinski definition) is 1. The van der Waals surface area contributed by atoms with Gasteiger partial charge in [-0.15, -0.1) is 0 Å². The van der Waals surface area contributed by atoms with Gasteiger partial charge in [0.15, 0.2) is 0 Å². The molecule has 1 aliphatic heterocycles. The first-order valence-corrected chi connectivity index (χ1v) is 6.79. The molecule has 104 valence electrons. The number of benzene rings is 1. The number of aliphatic carboxylic acids is 1. The largest absolute Gasteiger partial charge is 0.480 e. The second-order valence-corrected chi connectivity index (χ2v) is 5.56. The molecule has 4 nitrogen and oxygen atoms in total. The van der Waals surface area contributed by atoms with Gasteiger partial charge in [-0.2, -0.15) is 0 Å². The average Bonchev–Trinajstić information content (AvgIpc) is 2.33. The molecule has 0 amide bonds. The molecule has 5 heteroatoms. The van der Waals surface area contributed by atoms with Crippen LogP contribution >= 0.6 is 11.6 Å². The SMILES string of the molecule is CC1CN(C(C(=O)O)c2cccc(Cl)c2)CCN1C. The van der Waals surface area contributed by atoms with Gasteiger partial charge in [-0.3, -0.25) is 9.69 Å². The number of rotatable bonds is 3. The quantitative estimate of drug-likeness (QED) is 0.922. The van der Waals surface area contributed by atoms with Gasteiger partial charge in [0.05, 0.1) is 0 Å². The van der Waals surface area contributed by atoms with Crippen LogP contribution in [0.5, 0.6) is 0 Å². The molecule has 2 unspecified atom stereocenters. The summed E-state index contributed by atoms with van der Waals surface area (Å²) in [5, 5.41) is 10.1. The summed E-state index contributed by atoms with van der Waals surface area (Å²) in [5.74, 6) is -0.820. The van der Waals surface area contributed by atoms with E-state index in [4.69, 9.17) is 11.6 Å². The Morgan fingerprint density at radius 2 is 2.21 bits per heavy atom. The molecule has 2 atom stereocenters. The standard InChI is InChI=1S/C14H19ClN2O2/c1-10-9-17(7-6-16(10)2)13(14(18)19)11-4-3-5-12(15)8-11/h3-5,8,10,13H,6-7,9H2,1-2H3,(H,18,19). The van der Waals surface area contributed by atoms with E-state index in [1.54, 1.807) is 18.2 Å². The highest BCUT2D eigenvalue weighted by molar-refractivity contribution is 6.30. The molecule has 0 spiro atoms. The highest BCUT2D eigenvalue weighted by atomic mass is 35.5. The summed E-state index contributed by atoms with van der Waals surface area (Å²) in [6.45, 7) is 4.50. The van der Waals surface area contributed by atoms with Crippen molar-refractivity contribution in [1.82, 2.24) is 9.80 Å². The van der Waals surface area contributed by atoms with Crippen molar-refractivity contribution in [3.05, 3.63) is 34.9 Å². The Kier molecular flexibility index (Phi) is 4.45. The predicted molar refractivity (Wildman–Crippen MR) is 75.5 cm³/mol. The third-order valence-electron chi connectivity index (χ3n) is 3.75. The minimum Gasteiger partial charge on any atom is -0.480 e. The molecule has 1 fully saturated rings. The first kappa shape index (κ1) is 14.3. The zero-order valence-corrected chi connectivity index (χ0v) is 12.0. The van der Waals surface area contributed by atoms with Gasteiger partial charge in [0.25, 0.3) is 0 Å². The number of piperazine rings is 1. The Hall–Kier alpha value is -1.10. The molecule has 1 N–H and O–H groups in total. The average molecular weight is 283 g/mol. The van der Waals surface area contributed by atoms with Crippen molar-refractivity contribution in [2.75, 3.05) is 26.7 Å². The second-order valence-electron chi connectivity index (χ2n) is 5.12. The molecule has 0 bridgehead atoms. The second kappa shape index (κ2) is 5.90. The molecule has 2 rings (SSSR count). The van der Waals surface area contributed by atoms with E-state index < -0.39 is 12.0 Å². The van der Waals surface area contributed by atoms with Gasteiger partial charge in [0, 0.05) is 30.7 Å². The first-order chi connectivity index (χ1) is 8.99. The van der Waals surface area contributed by atoms with Crippen molar-refractivity contribution in [3.8, 4) is 0 Å². The minimum atomic E-state index is -0.820. The molecule has 0 aliphatic carbocycles. The summed E-state index contributed by atoms with van der Waals surface area (Å²) < 4.78 is 0. The van der Waals surface area contributed by atoms with Crippen molar-refractivity contribution >= 4 is 17.6 Å². The maximum atomic E-state index is 11.6. The van der Waals surface area contributed by atoms with Crippen LogP contribution in [0.4, 0.5) is 0 Å². The third kappa shape index (κ3) is 3.26. The lowest BCUT2D eigenvalue weighted by atomic mass is 10.0. The highest BCUT2D eigenvalue weighted by Crippen LogP contribution is 2.26. The number of nitrogens with zero attached hydrogens (tertiary/aromatic N) is 2. The molecule has 1 saturated heterocycles. The normalized spacial score (nSPS) is 23.2. The summed E-state index contributed by atoms with van der Waals surface area (Å²) in [6, 6.07) is 6.87. The Morgan fingerprint density at radius 1 is 1.47 bits per heavy atom. The lowest BCUT2D eigenvalue weighted by Crippen LogP contribution is -2.52. The van der Waals surface area contributed by atoms with Crippen molar-refractivity contribution in [2.45, 2.75) is 19.0 Å². The lowest BCUT2D eigenvalue weighted by molar-refractivity contribution is -0.144. The number of hydrogen-bond acceptors (Lipinski definition) is 3. The summed E-state index contributed by atoms with van der Waals surface area (Å²) in [6.07, 6.45) is 0. The minimum absolute atomic E-state index is 0.356. The predicted octanol–water partition coefficient (Wildman–Crippen LogP) is 2.10. The third-order valence-corrected chi connectivity index (χ3v) is 3.99. The monoisotopic (exact) mass is 282 g/mol. The van der Waals surface area contributed by atoms with E-state index in [1.165, 1.54) is 0 Å². The van der Waals surface area contributed by atoms with Crippen molar-refractivity contribution < 1.29 is 9.90 Å². The van der Waals surface area contributed by atoms with Gasteiger partial charge in [-0.1, -0.05) is 23.7 Å². The number of carbonyl (C=O) groups is 1. The molecule has 1 aliphatic rings. The van der Waals surface area contributed by atoms with Crippen LogP contribution in [0, 0.1) is 0 Å². The fourth-order valence-corrected chi connectivity index (χ4v) is 2.70. The number of likely N-dealkylation sites (N-methyl/N-ethyl adjacent to an activating group) is 1. The Balaban J connectivity index is 2.24. The van der Waals surface area contributed by atoms with Crippen LogP contribution < -0.4 is 0 Å². The number of carboxylic acids is 1. The van der Waals surface area contributed by atoms with Crippen molar-refractivity contribution in [3.63, 3.8) is 0 Å². The van der Waals surface area contributed by atoms with Crippen molar-refractivity contribution in [2.24, 2.45) is 0 Å². The maximum Gasteiger partial charge on any atom is 0.325 e. The van der Waals surface area contributed by atoms with Crippen LogP contribution in [0.25, 0.3) is 0 Å². The fourth-order valence-electron chi connectivity index (χ4n) is 2.50. The van der Waals surface area contributed by atoms with E-state index in [0.29, 0.717) is 11.1 Å². The first-order valence-electron chi connectivity index (χ1n) is 6.41. The van der Waals surface area contributed by atoms with Gasteiger partial charge >= 0.3 is 5.97 Å². The van der Waals surface area contributed by atoms with Crippen LogP contribution in [0.15, 0.2) is 24.3 Å². The fraction of sp³-hybridized carbons (Fsp3) is 0.500. The Morgan fingerprint density at radius 3 is 2.79 bits per heavy atom. The van der Waals surface area contributed by atoms with Gasteiger partial charge in [-0.05, 0) is 31.7 Å². The maximum absolute atomic E-state index is 11.6. The Bertz CT molecular complexity index is 467. The van der Waals surface area contributed by atoms with Crippen LogP contribution in [0.3, 0.4) is 0 Å². The van der Waals surface area contributed by atoms with Gasteiger partial charge in [-0.25, -0.2) is 0 Å². The van der Waals surface area contributed by atoms with Gasteiger partial charge in [0.1, 0.15) is 6.04 Å². The molecule has 0 aromatic heterocycles. The lowest BCUT2D eigenvalue weighted by Gasteiger charge is -2.40. The topological polar surface area (TPSA) is 43.8 Å². The molecule has 1 aromatic carbocycles. The van der Waals surface area contributed by atoms with Crippen LogP contribution in [0.1, 0.15) is 18.5 Å². The molecule has 1 aromatic rings. The molecule has 0 saturated carbocycles. The Labute approximate surface area is 118 Å². The molecule has 19 heavy (non-hydrogen) atoms. The van der Waals surface area contributed by atoms with Crippen molar-refractivity contribution in [1.29, 1.82) is 0 Å². The molecule has 1 heterocycles. The zero-order valence-electron chi connectivity index (χ0n) is 11.2. The zero-order chi connectivity index (χ0) is 14.0. The molecular weight excluding hydrogens is 264 g/mol. The van der Waals surface area contributed by atoms with E-state index in [-0.39, 0.29) is 0 Å². The summed E-state index contributed by atoms with van der Waals surface area (Å²) >= 11 is 5.96. The van der Waals surface area contributed by atoms with E-state index in [0.717, 1.165) is 25.2 Å². The van der Waals surface area contributed by atoms with Crippen LogP contribution in [0.2, 0.25) is 5.02 Å². The summed E-state index contributed by atoms with van der Waals surface area (Å²) in [7, 11) is 2.07. The summed E-state index contributed by atoms with van der Waals surface area (Å²) in [5.41, 5.74) is 0.747. The van der Waals surface area contributed by atoms with Gasteiger partial charge in [0.2, 0.25) is 0 Å². The van der Waals surface area contributed by atoms with E-state index >= 15 is 0 Å². The van der Waals surface area contributed by atoms with E-state index in [1.807, 2.05) is 11.0 Å². The molecular formula is C14H19ClN2O2. The molecule has 0 radical (unpaired) electrons. The van der Waals surface area contributed by atoms with E-state index in [9.17, 15) is 9.90 Å². The summed E-state index contributed by atoms with van der Waals surface area (Å²) in [4.78, 5) is 15.9. The highest BCUT2D eigenvalue weighted by Gasteiger charge is 2.32. The van der Waals surface area contributed by atoms with Gasteiger partial charge < -0.3 is 10.0 Å². The number of carboxylic acid groups (broad SMARTS) is 1.